The fourth-order valence-corrected chi connectivity index (χ4v) is 2.72. The van der Waals surface area contributed by atoms with E-state index in [9.17, 15) is 9.90 Å². The van der Waals surface area contributed by atoms with Crippen LogP contribution in [0.15, 0.2) is 24.3 Å². The summed E-state index contributed by atoms with van der Waals surface area (Å²) >= 11 is 0. The molecule has 0 aliphatic carbocycles. The van der Waals surface area contributed by atoms with Gasteiger partial charge in [0, 0.05) is 19.6 Å². The highest BCUT2D eigenvalue weighted by Crippen LogP contribution is 2.24. The van der Waals surface area contributed by atoms with Crippen LogP contribution in [0, 0.1) is 0 Å². The first-order valence-electron chi connectivity index (χ1n) is 7.24. The second-order valence-electron chi connectivity index (χ2n) is 6.00. The zero-order chi connectivity index (χ0) is 14.8. The van der Waals surface area contributed by atoms with Crippen molar-refractivity contribution in [3.63, 3.8) is 0 Å². The molecule has 0 aromatic heterocycles. The highest BCUT2D eigenvalue weighted by atomic mass is 16.3. The van der Waals surface area contributed by atoms with Crippen molar-refractivity contribution in [2.75, 3.05) is 19.6 Å². The van der Waals surface area contributed by atoms with Gasteiger partial charge in [-0.3, -0.25) is 4.79 Å². The summed E-state index contributed by atoms with van der Waals surface area (Å²) in [4.78, 5) is 14.4. The monoisotopic (exact) mass is 276 g/mol. The molecule has 0 saturated heterocycles. The Balaban J connectivity index is 2.21. The second-order valence-corrected chi connectivity index (χ2v) is 6.00. The lowest BCUT2D eigenvalue weighted by Gasteiger charge is -2.34. The molecule has 2 N–H and O–H groups in total. The van der Waals surface area contributed by atoms with Gasteiger partial charge in [-0.15, -0.1) is 0 Å². The molecule has 1 amide bonds. The minimum atomic E-state index is -0.875. The van der Waals surface area contributed by atoms with Crippen LogP contribution in [0.3, 0.4) is 0 Å². The lowest BCUT2D eigenvalue weighted by molar-refractivity contribution is -0.136. The molecule has 0 bridgehead atoms. The van der Waals surface area contributed by atoms with Crippen molar-refractivity contribution in [1.29, 1.82) is 0 Å². The zero-order valence-corrected chi connectivity index (χ0v) is 12.5. The Morgan fingerprint density at radius 1 is 1.45 bits per heavy atom. The summed E-state index contributed by atoms with van der Waals surface area (Å²) in [5.74, 6) is 0.0433. The van der Waals surface area contributed by atoms with E-state index in [2.05, 4.69) is 11.4 Å². The molecule has 0 saturated carbocycles. The first-order chi connectivity index (χ1) is 9.42. The molecule has 1 aromatic carbocycles. The largest absolute Gasteiger partial charge is 0.389 e. The fourth-order valence-electron chi connectivity index (χ4n) is 2.72. The number of fused-ring (bicyclic) bond motifs is 1. The Bertz CT molecular complexity index is 480. The number of nitrogens with one attached hydrogen (secondary N) is 1. The van der Waals surface area contributed by atoms with Gasteiger partial charge in [-0.25, -0.2) is 0 Å². The van der Waals surface area contributed by atoms with Crippen LogP contribution in [0.4, 0.5) is 0 Å². The maximum Gasteiger partial charge on any atom is 0.244 e. The number of amides is 1. The molecule has 0 radical (unpaired) electrons. The third-order valence-electron chi connectivity index (χ3n) is 3.63. The predicted molar refractivity (Wildman–Crippen MR) is 79.4 cm³/mol. The van der Waals surface area contributed by atoms with Crippen molar-refractivity contribution in [2.24, 2.45) is 0 Å². The van der Waals surface area contributed by atoms with Gasteiger partial charge in [0.05, 0.1) is 5.60 Å². The van der Waals surface area contributed by atoms with Gasteiger partial charge in [0.1, 0.15) is 6.04 Å². The van der Waals surface area contributed by atoms with Gasteiger partial charge in [0.15, 0.2) is 0 Å². The van der Waals surface area contributed by atoms with Crippen LogP contribution in [0.25, 0.3) is 0 Å². The smallest absolute Gasteiger partial charge is 0.244 e. The zero-order valence-electron chi connectivity index (χ0n) is 12.5. The topological polar surface area (TPSA) is 52.6 Å². The minimum absolute atomic E-state index is 0.0433. The molecule has 1 atom stereocenters. The standard InChI is InChI=1S/C16H24N2O2/c1-4-18(11-16(2,3)20)15(19)14-13-8-6-5-7-12(13)9-10-17-14/h5-8,14,17,20H,4,9-11H2,1-3H3. The first-order valence-corrected chi connectivity index (χ1v) is 7.24. The van der Waals surface area contributed by atoms with Gasteiger partial charge in [0.2, 0.25) is 5.91 Å². The van der Waals surface area contributed by atoms with Crippen LogP contribution in [0.2, 0.25) is 0 Å². The Labute approximate surface area is 120 Å². The first kappa shape index (κ1) is 15.0. The molecule has 110 valence electrons. The average molecular weight is 276 g/mol. The Morgan fingerprint density at radius 3 is 2.80 bits per heavy atom. The minimum Gasteiger partial charge on any atom is -0.389 e. The van der Waals surface area contributed by atoms with Crippen LogP contribution in [-0.2, 0) is 11.2 Å². The molecule has 0 spiro atoms. The van der Waals surface area contributed by atoms with Crippen molar-refractivity contribution in [3.8, 4) is 0 Å². The summed E-state index contributed by atoms with van der Waals surface area (Å²) in [5.41, 5.74) is 1.43. The molecule has 1 aliphatic heterocycles. The molecule has 4 heteroatoms. The molecular weight excluding hydrogens is 252 g/mol. The summed E-state index contributed by atoms with van der Waals surface area (Å²) in [6.07, 6.45) is 0.956. The van der Waals surface area contributed by atoms with Crippen LogP contribution in [0.5, 0.6) is 0 Å². The average Bonchev–Trinajstić information content (AvgIpc) is 2.42. The summed E-state index contributed by atoms with van der Waals surface area (Å²) in [7, 11) is 0. The molecular formula is C16H24N2O2. The molecule has 1 aromatic rings. The molecule has 0 fully saturated rings. The van der Waals surface area contributed by atoms with Gasteiger partial charge in [-0.1, -0.05) is 24.3 Å². The molecule has 20 heavy (non-hydrogen) atoms. The number of likely N-dealkylation sites (N-methyl/N-ethyl adjacent to an activating group) is 1. The van der Waals surface area contributed by atoms with E-state index in [1.165, 1.54) is 5.56 Å². The molecule has 1 unspecified atom stereocenters. The quantitative estimate of drug-likeness (QED) is 0.876. The summed E-state index contributed by atoms with van der Waals surface area (Å²) in [5, 5.41) is 13.3. The van der Waals surface area contributed by atoms with Gasteiger partial charge in [-0.2, -0.15) is 0 Å². The van der Waals surface area contributed by atoms with Gasteiger partial charge in [0.25, 0.3) is 0 Å². The predicted octanol–water partition coefficient (Wildman–Crippen LogP) is 1.49. The normalized spacial score (nSPS) is 18.5. The van der Waals surface area contributed by atoms with Crippen LogP contribution in [-0.4, -0.2) is 41.1 Å². The van der Waals surface area contributed by atoms with E-state index < -0.39 is 5.60 Å². The Hall–Kier alpha value is -1.39. The van der Waals surface area contributed by atoms with Gasteiger partial charge in [-0.05, 0) is 38.3 Å². The number of rotatable bonds is 4. The number of carbonyl (C=O) groups is 1. The number of hydrogen-bond donors (Lipinski definition) is 2. The number of benzene rings is 1. The summed E-state index contributed by atoms with van der Waals surface area (Å²) in [6.45, 7) is 7.16. The lowest BCUT2D eigenvalue weighted by Crippen LogP contribution is -2.48. The maximum absolute atomic E-state index is 12.7. The van der Waals surface area contributed by atoms with Crippen LogP contribution < -0.4 is 5.32 Å². The third kappa shape index (κ3) is 3.38. The van der Waals surface area contributed by atoms with E-state index in [0.717, 1.165) is 18.5 Å². The van der Waals surface area contributed by atoms with Gasteiger partial charge >= 0.3 is 0 Å². The number of hydrogen-bond acceptors (Lipinski definition) is 3. The number of carbonyl (C=O) groups excluding carboxylic acids is 1. The molecule has 1 aliphatic rings. The van der Waals surface area contributed by atoms with E-state index in [0.29, 0.717) is 13.1 Å². The molecule has 1 heterocycles. The van der Waals surface area contributed by atoms with E-state index in [1.54, 1.807) is 18.7 Å². The van der Waals surface area contributed by atoms with Crippen molar-refractivity contribution < 1.29 is 9.90 Å². The van der Waals surface area contributed by atoms with Crippen molar-refractivity contribution in [2.45, 2.75) is 38.8 Å². The van der Waals surface area contributed by atoms with Crippen molar-refractivity contribution in [1.82, 2.24) is 10.2 Å². The van der Waals surface area contributed by atoms with Crippen molar-refractivity contribution in [3.05, 3.63) is 35.4 Å². The van der Waals surface area contributed by atoms with Crippen molar-refractivity contribution >= 4 is 5.91 Å². The molecule has 4 nitrogen and oxygen atoms in total. The number of nitrogens with zero attached hydrogens (tertiary/aromatic N) is 1. The highest BCUT2D eigenvalue weighted by Gasteiger charge is 2.31. The highest BCUT2D eigenvalue weighted by molar-refractivity contribution is 5.84. The summed E-state index contributed by atoms with van der Waals surface area (Å²) in [6, 6.07) is 7.80. The van der Waals surface area contributed by atoms with Crippen LogP contribution in [0.1, 0.15) is 37.9 Å². The Morgan fingerprint density at radius 2 is 2.15 bits per heavy atom. The number of aliphatic hydroxyl groups is 1. The Kier molecular flexibility index (Phi) is 4.45. The van der Waals surface area contributed by atoms with Crippen LogP contribution >= 0.6 is 0 Å². The van der Waals surface area contributed by atoms with E-state index >= 15 is 0 Å². The maximum atomic E-state index is 12.7. The third-order valence-corrected chi connectivity index (χ3v) is 3.63. The van der Waals surface area contributed by atoms with E-state index in [-0.39, 0.29) is 11.9 Å². The summed E-state index contributed by atoms with van der Waals surface area (Å²) < 4.78 is 0. The van der Waals surface area contributed by atoms with Gasteiger partial charge < -0.3 is 15.3 Å². The van der Waals surface area contributed by atoms with E-state index in [1.807, 2.05) is 25.1 Å². The molecule has 2 rings (SSSR count). The SMILES string of the molecule is CCN(CC(C)(C)O)C(=O)C1NCCc2ccccc21. The second kappa shape index (κ2) is 5.94. The fraction of sp³-hybridized carbons (Fsp3) is 0.562. The van der Waals surface area contributed by atoms with E-state index in [4.69, 9.17) is 0 Å². The lowest BCUT2D eigenvalue weighted by atomic mass is 9.93.